The zero-order chi connectivity index (χ0) is 21.6. The summed E-state index contributed by atoms with van der Waals surface area (Å²) in [6, 6.07) is 15.7. The number of amides is 1. The summed E-state index contributed by atoms with van der Waals surface area (Å²) in [5.41, 5.74) is 0.618. The number of para-hydroxylation sites is 1. The molecule has 1 aromatic heterocycles. The number of nitrogens with one attached hydrogen (secondary N) is 1. The lowest BCUT2D eigenvalue weighted by atomic mass is 10.2. The Balaban J connectivity index is 1.79. The van der Waals surface area contributed by atoms with Gasteiger partial charge in [-0.2, -0.15) is 0 Å². The number of benzene rings is 2. The summed E-state index contributed by atoms with van der Waals surface area (Å²) in [6.45, 7) is 2.03. The molecule has 0 atom stereocenters. The molecule has 0 aliphatic rings. The molecule has 0 aliphatic heterocycles. The second kappa shape index (κ2) is 9.73. The normalized spacial score (nSPS) is 11.1. The number of sulfonamides is 1. The highest BCUT2D eigenvalue weighted by Gasteiger charge is 2.29. The van der Waals surface area contributed by atoms with Gasteiger partial charge in [-0.15, -0.1) is 11.3 Å². The Hall–Kier alpha value is -2.91. The molecule has 2 aromatic carbocycles. The summed E-state index contributed by atoms with van der Waals surface area (Å²) in [7, 11) is -4.09. The molecule has 0 saturated carbocycles. The lowest BCUT2D eigenvalue weighted by Gasteiger charge is -2.23. The molecular weight excluding hydrogens is 427 g/mol. The first kappa shape index (κ1) is 21.8. The second-order valence-corrected chi connectivity index (χ2v) is 9.29. The molecule has 0 unspecified atom stereocenters. The Labute approximate surface area is 179 Å². The molecule has 3 rings (SSSR count). The van der Waals surface area contributed by atoms with Gasteiger partial charge in [0.25, 0.3) is 10.0 Å². The molecule has 158 valence electrons. The van der Waals surface area contributed by atoms with Crippen molar-refractivity contribution in [1.29, 1.82) is 0 Å². The first-order valence-electron chi connectivity index (χ1n) is 9.21. The standard InChI is InChI=1S/C21H21FN2O4S2/c1-2-28-17-8-5-7-16(13-17)14-23-20(25)15-24(19-10-4-3-9-18(19)22)30(26,27)21-11-6-12-29-21/h3-13H,2,14-15H2,1H3,(H,23,25). The van der Waals surface area contributed by atoms with Crippen LogP contribution in [0, 0.1) is 5.82 Å². The Kier molecular flexibility index (Phi) is 7.07. The number of anilines is 1. The third-order valence-corrected chi connectivity index (χ3v) is 7.28. The van der Waals surface area contributed by atoms with Crippen LogP contribution in [0.3, 0.4) is 0 Å². The van der Waals surface area contributed by atoms with E-state index in [2.05, 4.69) is 5.32 Å². The minimum Gasteiger partial charge on any atom is -0.494 e. The fourth-order valence-electron chi connectivity index (χ4n) is 2.77. The summed E-state index contributed by atoms with van der Waals surface area (Å²) in [5.74, 6) is -0.604. The van der Waals surface area contributed by atoms with Gasteiger partial charge in [-0.1, -0.05) is 30.3 Å². The van der Waals surface area contributed by atoms with Gasteiger partial charge in [0.1, 0.15) is 22.3 Å². The molecular formula is C21H21FN2O4S2. The predicted octanol–water partition coefficient (Wildman–Crippen LogP) is 3.80. The molecule has 6 nitrogen and oxygen atoms in total. The van der Waals surface area contributed by atoms with E-state index in [0.29, 0.717) is 12.4 Å². The van der Waals surface area contributed by atoms with Crippen LogP contribution in [0.2, 0.25) is 0 Å². The molecule has 0 spiro atoms. The minimum absolute atomic E-state index is 0.0305. The monoisotopic (exact) mass is 448 g/mol. The lowest BCUT2D eigenvalue weighted by molar-refractivity contribution is -0.119. The average Bonchev–Trinajstić information content (AvgIpc) is 3.28. The van der Waals surface area contributed by atoms with Crippen LogP contribution in [0.15, 0.2) is 70.3 Å². The number of nitrogens with zero attached hydrogens (tertiary/aromatic N) is 1. The lowest BCUT2D eigenvalue weighted by Crippen LogP contribution is -2.40. The zero-order valence-corrected chi connectivity index (χ0v) is 17.9. The van der Waals surface area contributed by atoms with Crippen molar-refractivity contribution in [2.45, 2.75) is 17.7 Å². The summed E-state index contributed by atoms with van der Waals surface area (Å²) >= 11 is 1.00. The smallest absolute Gasteiger partial charge is 0.274 e. The molecule has 1 N–H and O–H groups in total. The summed E-state index contributed by atoms with van der Waals surface area (Å²) in [4.78, 5) is 12.6. The Morgan fingerprint density at radius 3 is 2.63 bits per heavy atom. The van der Waals surface area contributed by atoms with Crippen molar-refractivity contribution in [2.24, 2.45) is 0 Å². The Morgan fingerprint density at radius 1 is 1.13 bits per heavy atom. The largest absolute Gasteiger partial charge is 0.494 e. The van der Waals surface area contributed by atoms with Gasteiger partial charge in [-0.25, -0.2) is 12.8 Å². The minimum atomic E-state index is -4.09. The maximum atomic E-state index is 14.4. The van der Waals surface area contributed by atoms with Crippen molar-refractivity contribution in [3.8, 4) is 5.75 Å². The van der Waals surface area contributed by atoms with E-state index >= 15 is 0 Å². The van der Waals surface area contributed by atoms with Crippen LogP contribution in [-0.2, 0) is 21.4 Å². The number of thiophene rings is 1. The highest BCUT2D eigenvalue weighted by Crippen LogP contribution is 2.28. The highest BCUT2D eigenvalue weighted by molar-refractivity contribution is 7.94. The molecule has 0 bridgehead atoms. The number of hydrogen-bond acceptors (Lipinski definition) is 5. The van der Waals surface area contributed by atoms with Gasteiger partial charge < -0.3 is 10.1 Å². The maximum absolute atomic E-state index is 14.4. The van der Waals surface area contributed by atoms with Gasteiger partial charge in [-0.3, -0.25) is 9.10 Å². The topological polar surface area (TPSA) is 75.7 Å². The Morgan fingerprint density at radius 2 is 1.93 bits per heavy atom. The summed E-state index contributed by atoms with van der Waals surface area (Å²) in [5, 5.41) is 4.29. The van der Waals surface area contributed by atoms with E-state index in [1.165, 1.54) is 24.3 Å². The highest BCUT2D eigenvalue weighted by atomic mass is 32.2. The van der Waals surface area contributed by atoms with E-state index in [9.17, 15) is 17.6 Å². The van der Waals surface area contributed by atoms with E-state index in [-0.39, 0.29) is 16.4 Å². The maximum Gasteiger partial charge on any atom is 0.274 e. The van der Waals surface area contributed by atoms with E-state index in [1.807, 2.05) is 19.1 Å². The van der Waals surface area contributed by atoms with Gasteiger partial charge in [0.15, 0.2) is 0 Å². The van der Waals surface area contributed by atoms with Crippen LogP contribution in [0.1, 0.15) is 12.5 Å². The molecule has 1 heterocycles. The van der Waals surface area contributed by atoms with Gasteiger partial charge in [0.05, 0.1) is 12.3 Å². The third-order valence-electron chi connectivity index (χ3n) is 4.15. The molecule has 0 aliphatic carbocycles. The summed E-state index contributed by atoms with van der Waals surface area (Å²) in [6.07, 6.45) is 0. The number of rotatable bonds is 9. The molecule has 0 saturated heterocycles. The zero-order valence-electron chi connectivity index (χ0n) is 16.2. The predicted molar refractivity (Wildman–Crippen MR) is 115 cm³/mol. The molecule has 3 aromatic rings. The first-order chi connectivity index (χ1) is 14.4. The summed E-state index contributed by atoms with van der Waals surface area (Å²) < 4.78 is 46.7. The van der Waals surface area contributed by atoms with Crippen molar-refractivity contribution in [3.63, 3.8) is 0 Å². The van der Waals surface area contributed by atoms with Crippen LogP contribution < -0.4 is 14.4 Å². The molecule has 30 heavy (non-hydrogen) atoms. The van der Waals surface area contributed by atoms with E-state index < -0.39 is 28.3 Å². The SMILES string of the molecule is CCOc1cccc(CNC(=O)CN(c2ccccc2F)S(=O)(=O)c2cccs2)c1. The van der Waals surface area contributed by atoms with Crippen LogP contribution >= 0.6 is 11.3 Å². The first-order valence-corrected chi connectivity index (χ1v) is 11.5. The second-order valence-electron chi connectivity index (χ2n) is 6.25. The van der Waals surface area contributed by atoms with Gasteiger partial charge >= 0.3 is 0 Å². The van der Waals surface area contributed by atoms with Crippen LogP contribution in [0.4, 0.5) is 10.1 Å². The molecule has 0 radical (unpaired) electrons. The number of carbonyl (C=O) groups is 1. The fourth-order valence-corrected chi connectivity index (χ4v) is 5.30. The fraction of sp³-hybridized carbons (Fsp3) is 0.190. The molecule has 0 fully saturated rings. The third kappa shape index (κ3) is 5.17. The van der Waals surface area contributed by atoms with E-state index in [1.54, 1.807) is 23.6 Å². The van der Waals surface area contributed by atoms with Gasteiger partial charge in [-0.05, 0) is 48.2 Å². The number of ether oxygens (including phenoxy) is 1. The quantitative estimate of drug-likeness (QED) is 0.540. The van der Waals surface area contributed by atoms with Gasteiger partial charge in [0, 0.05) is 6.54 Å². The van der Waals surface area contributed by atoms with Crippen LogP contribution in [-0.4, -0.2) is 27.5 Å². The molecule has 1 amide bonds. The van der Waals surface area contributed by atoms with E-state index in [0.717, 1.165) is 27.3 Å². The van der Waals surface area contributed by atoms with E-state index in [4.69, 9.17) is 4.74 Å². The number of hydrogen-bond donors (Lipinski definition) is 1. The van der Waals surface area contributed by atoms with Crippen molar-refractivity contribution in [3.05, 3.63) is 77.4 Å². The van der Waals surface area contributed by atoms with Crippen molar-refractivity contribution in [1.82, 2.24) is 5.32 Å². The average molecular weight is 449 g/mol. The molecule has 9 heteroatoms. The van der Waals surface area contributed by atoms with Crippen LogP contribution in [0.25, 0.3) is 0 Å². The van der Waals surface area contributed by atoms with Crippen molar-refractivity contribution in [2.75, 3.05) is 17.5 Å². The number of carbonyl (C=O) groups excluding carboxylic acids is 1. The Bertz CT molecular complexity index is 1100. The van der Waals surface area contributed by atoms with Crippen molar-refractivity contribution >= 4 is 33.0 Å². The van der Waals surface area contributed by atoms with Gasteiger partial charge in [0.2, 0.25) is 5.91 Å². The number of halogens is 1. The van der Waals surface area contributed by atoms with Crippen LogP contribution in [0.5, 0.6) is 5.75 Å². The van der Waals surface area contributed by atoms with Crippen molar-refractivity contribution < 1.29 is 22.3 Å².